The Morgan fingerprint density at radius 2 is 2.00 bits per heavy atom. The van der Waals surface area contributed by atoms with Crippen molar-refractivity contribution in [2.24, 2.45) is 0 Å². The lowest BCUT2D eigenvalue weighted by atomic mass is 10.2. The molecule has 3 rings (SSSR count). The summed E-state index contributed by atoms with van der Waals surface area (Å²) < 4.78 is 28.8. The first-order chi connectivity index (χ1) is 12.0. The van der Waals surface area contributed by atoms with Gasteiger partial charge in [-0.15, -0.1) is 0 Å². The molecule has 0 radical (unpaired) electrons. The number of benzene rings is 2. The summed E-state index contributed by atoms with van der Waals surface area (Å²) in [6, 6.07) is 10.4. The average Bonchev–Trinajstić information content (AvgIpc) is 2.61. The van der Waals surface area contributed by atoms with Crippen molar-refractivity contribution >= 4 is 29.2 Å². The minimum absolute atomic E-state index is 0.0126. The van der Waals surface area contributed by atoms with Crippen LogP contribution in [0.15, 0.2) is 42.5 Å². The molecule has 0 fully saturated rings. The fourth-order valence-corrected chi connectivity index (χ4v) is 2.36. The molecule has 0 aromatic heterocycles. The molecule has 130 valence electrons. The maximum absolute atomic E-state index is 13.0. The number of halogens is 2. The zero-order valence-corrected chi connectivity index (χ0v) is 13.6. The van der Waals surface area contributed by atoms with Gasteiger partial charge in [-0.05, 0) is 30.3 Å². The molecule has 0 saturated heterocycles. The van der Waals surface area contributed by atoms with Crippen LogP contribution in [-0.2, 0) is 14.3 Å². The Kier molecular flexibility index (Phi) is 5.04. The summed E-state index contributed by atoms with van der Waals surface area (Å²) in [4.78, 5) is 23.8. The lowest BCUT2D eigenvalue weighted by Gasteiger charge is -2.24. The number of fused-ring (bicyclic) bond motifs is 1. The van der Waals surface area contributed by atoms with E-state index in [1.807, 2.05) is 0 Å². The Hall–Kier alpha value is -2.80. The number of esters is 1. The van der Waals surface area contributed by atoms with Gasteiger partial charge >= 0.3 is 5.97 Å². The topological polar surface area (TPSA) is 73.9 Å². The number of anilines is 1. The van der Waals surface area contributed by atoms with Crippen molar-refractivity contribution < 1.29 is 28.2 Å². The van der Waals surface area contributed by atoms with Gasteiger partial charge in [-0.2, -0.15) is 0 Å². The smallest absolute Gasteiger partial charge is 0.351 e. The third-order valence-corrected chi connectivity index (χ3v) is 3.63. The van der Waals surface area contributed by atoms with Crippen LogP contribution in [0.4, 0.5) is 10.1 Å². The second kappa shape index (κ2) is 7.40. The van der Waals surface area contributed by atoms with E-state index in [1.165, 1.54) is 6.07 Å². The summed E-state index contributed by atoms with van der Waals surface area (Å²) in [6.07, 6.45) is -0.961. The first kappa shape index (κ1) is 17.0. The number of rotatable bonds is 4. The molecule has 1 atom stereocenters. The van der Waals surface area contributed by atoms with Gasteiger partial charge in [-0.25, -0.2) is 9.18 Å². The van der Waals surface area contributed by atoms with Crippen molar-refractivity contribution in [3.8, 4) is 11.5 Å². The van der Waals surface area contributed by atoms with E-state index in [1.54, 1.807) is 24.3 Å². The number of para-hydroxylation sites is 2. The zero-order valence-electron chi connectivity index (χ0n) is 12.8. The summed E-state index contributed by atoms with van der Waals surface area (Å²) in [7, 11) is 0. The third-order valence-electron chi connectivity index (χ3n) is 3.32. The van der Waals surface area contributed by atoms with Crippen LogP contribution >= 0.6 is 11.6 Å². The molecular formula is C17H13ClFNO5. The molecule has 1 amide bonds. The Bertz CT molecular complexity index is 813. The molecule has 1 aliphatic rings. The van der Waals surface area contributed by atoms with Crippen molar-refractivity contribution in [1.82, 2.24) is 0 Å². The largest absolute Gasteiger partial charge is 0.485 e. The van der Waals surface area contributed by atoms with Crippen molar-refractivity contribution in [1.29, 1.82) is 0 Å². The minimum Gasteiger partial charge on any atom is -0.485 e. The SMILES string of the molecule is O=C(COC(=O)[C@H]1COc2ccccc2O1)Nc1ccc(F)cc1Cl. The van der Waals surface area contributed by atoms with Gasteiger partial charge in [-0.1, -0.05) is 23.7 Å². The van der Waals surface area contributed by atoms with E-state index in [4.69, 9.17) is 25.8 Å². The highest BCUT2D eigenvalue weighted by atomic mass is 35.5. The van der Waals surface area contributed by atoms with Gasteiger partial charge in [0.05, 0.1) is 10.7 Å². The fraction of sp³-hybridized carbons (Fsp3) is 0.176. The Morgan fingerprint density at radius 1 is 1.24 bits per heavy atom. The predicted octanol–water partition coefficient (Wildman–Crippen LogP) is 2.80. The Balaban J connectivity index is 1.51. The molecule has 1 aliphatic heterocycles. The number of carbonyl (C=O) groups excluding carboxylic acids is 2. The van der Waals surface area contributed by atoms with Crippen LogP contribution in [0, 0.1) is 5.82 Å². The summed E-state index contributed by atoms with van der Waals surface area (Å²) >= 11 is 5.81. The molecular weight excluding hydrogens is 353 g/mol. The predicted molar refractivity (Wildman–Crippen MR) is 87.4 cm³/mol. The molecule has 0 bridgehead atoms. The van der Waals surface area contributed by atoms with Gasteiger partial charge in [0.25, 0.3) is 5.91 Å². The van der Waals surface area contributed by atoms with Crippen LogP contribution in [0.25, 0.3) is 0 Å². The lowest BCUT2D eigenvalue weighted by Crippen LogP contribution is -2.39. The van der Waals surface area contributed by atoms with Crippen molar-refractivity contribution in [3.63, 3.8) is 0 Å². The van der Waals surface area contributed by atoms with E-state index in [9.17, 15) is 14.0 Å². The molecule has 2 aromatic carbocycles. The van der Waals surface area contributed by atoms with Crippen molar-refractivity contribution in [3.05, 3.63) is 53.3 Å². The number of hydrogen-bond donors (Lipinski definition) is 1. The summed E-state index contributed by atoms with van der Waals surface area (Å²) in [5.74, 6) is -0.897. The molecule has 25 heavy (non-hydrogen) atoms. The van der Waals surface area contributed by atoms with Crippen LogP contribution in [0.2, 0.25) is 5.02 Å². The lowest BCUT2D eigenvalue weighted by molar-refractivity contribution is -0.156. The van der Waals surface area contributed by atoms with Crippen molar-refractivity contribution in [2.75, 3.05) is 18.5 Å². The zero-order chi connectivity index (χ0) is 17.8. The molecule has 0 spiro atoms. The van der Waals surface area contributed by atoms with Crippen LogP contribution in [0.5, 0.6) is 11.5 Å². The maximum Gasteiger partial charge on any atom is 0.351 e. The summed E-state index contributed by atoms with van der Waals surface area (Å²) in [6.45, 7) is -0.546. The molecule has 8 heteroatoms. The third kappa shape index (κ3) is 4.19. The van der Waals surface area contributed by atoms with E-state index in [2.05, 4.69) is 5.32 Å². The molecule has 0 aliphatic carbocycles. The van der Waals surface area contributed by atoms with Gasteiger partial charge in [0.2, 0.25) is 6.10 Å². The first-order valence-corrected chi connectivity index (χ1v) is 7.71. The quantitative estimate of drug-likeness (QED) is 0.843. The fourth-order valence-electron chi connectivity index (χ4n) is 2.14. The molecule has 1 heterocycles. The van der Waals surface area contributed by atoms with Gasteiger partial charge in [0.15, 0.2) is 18.1 Å². The second-order valence-electron chi connectivity index (χ2n) is 5.14. The average molecular weight is 366 g/mol. The van der Waals surface area contributed by atoms with E-state index in [-0.39, 0.29) is 17.3 Å². The Morgan fingerprint density at radius 3 is 2.76 bits per heavy atom. The maximum atomic E-state index is 13.0. The summed E-state index contributed by atoms with van der Waals surface area (Å²) in [5, 5.41) is 2.47. The number of ether oxygens (including phenoxy) is 3. The van der Waals surface area contributed by atoms with Gasteiger partial charge < -0.3 is 19.5 Å². The van der Waals surface area contributed by atoms with Gasteiger partial charge in [0, 0.05) is 0 Å². The van der Waals surface area contributed by atoms with Gasteiger partial charge in [-0.3, -0.25) is 4.79 Å². The molecule has 0 unspecified atom stereocenters. The van der Waals surface area contributed by atoms with E-state index >= 15 is 0 Å². The number of amides is 1. The van der Waals surface area contributed by atoms with E-state index < -0.39 is 30.4 Å². The molecule has 1 N–H and O–H groups in total. The van der Waals surface area contributed by atoms with Crippen LogP contribution in [0.3, 0.4) is 0 Å². The second-order valence-corrected chi connectivity index (χ2v) is 5.55. The molecule has 2 aromatic rings. The van der Waals surface area contributed by atoms with Crippen LogP contribution in [-0.4, -0.2) is 31.2 Å². The number of nitrogens with one attached hydrogen (secondary N) is 1. The van der Waals surface area contributed by atoms with E-state index in [0.29, 0.717) is 11.5 Å². The van der Waals surface area contributed by atoms with Crippen LogP contribution < -0.4 is 14.8 Å². The normalized spacial score (nSPS) is 15.4. The van der Waals surface area contributed by atoms with E-state index in [0.717, 1.165) is 12.1 Å². The molecule has 6 nitrogen and oxygen atoms in total. The standard InChI is InChI=1S/C17H13ClFNO5/c18-11-7-10(19)5-6-12(11)20-16(21)9-24-17(22)15-8-23-13-3-1-2-4-14(13)25-15/h1-7,15H,8-9H2,(H,20,21)/t15-/m1/s1. The first-order valence-electron chi connectivity index (χ1n) is 7.33. The highest BCUT2D eigenvalue weighted by Gasteiger charge is 2.29. The Labute approximate surface area is 147 Å². The number of hydrogen-bond acceptors (Lipinski definition) is 5. The van der Waals surface area contributed by atoms with Crippen LogP contribution in [0.1, 0.15) is 0 Å². The van der Waals surface area contributed by atoms with Crippen molar-refractivity contribution in [2.45, 2.75) is 6.10 Å². The highest BCUT2D eigenvalue weighted by molar-refractivity contribution is 6.33. The minimum atomic E-state index is -0.961. The monoisotopic (exact) mass is 365 g/mol. The number of carbonyl (C=O) groups is 2. The molecule has 0 saturated carbocycles. The highest BCUT2D eigenvalue weighted by Crippen LogP contribution is 2.31. The summed E-state index contributed by atoms with van der Waals surface area (Å²) in [5.41, 5.74) is 0.218. The van der Waals surface area contributed by atoms with Gasteiger partial charge in [0.1, 0.15) is 12.4 Å².